The van der Waals surface area contributed by atoms with Crippen LogP contribution in [-0.2, 0) is 4.79 Å². The predicted molar refractivity (Wildman–Crippen MR) is 70.6 cm³/mol. The summed E-state index contributed by atoms with van der Waals surface area (Å²) < 4.78 is 5.43. The molecule has 4 nitrogen and oxygen atoms in total. The van der Waals surface area contributed by atoms with E-state index >= 15 is 0 Å². The van der Waals surface area contributed by atoms with E-state index in [0.717, 1.165) is 0 Å². The Kier molecular flexibility index (Phi) is 4.99. The summed E-state index contributed by atoms with van der Waals surface area (Å²) >= 11 is 11.7. The molecule has 0 radical (unpaired) electrons. The molecule has 1 amide bonds. The third kappa shape index (κ3) is 3.37. The molecule has 0 bridgehead atoms. The Bertz CT molecular complexity index is 475. The molecular formula is C12H13Cl2NO3. The summed E-state index contributed by atoms with van der Waals surface area (Å²) in [6.45, 7) is 1.59. The molecule has 0 aliphatic heterocycles. The van der Waals surface area contributed by atoms with E-state index in [2.05, 4.69) is 0 Å². The van der Waals surface area contributed by atoms with Crippen LogP contribution in [0.5, 0.6) is 5.75 Å². The summed E-state index contributed by atoms with van der Waals surface area (Å²) in [5, 5.41) is 0.532. The summed E-state index contributed by atoms with van der Waals surface area (Å²) in [4.78, 5) is 24.0. The summed E-state index contributed by atoms with van der Waals surface area (Å²) in [6, 6.07) is 2.89. The summed E-state index contributed by atoms with van der Waals surface area (Å²) in [6.07, 6.45) is -0.155. The molecule has 0 N–H and O–H groups in total. The van der Waals surface area contributed by atoms with Gasteiger partial charge in [-0.1, -0.05) is 23.2 Å². The van der Waals surface area contributed by atoms with Crippen molar-refractivity contribution in [2.45, 2.75) is 13.0 Å². The first kappa shape index (κ1) is 14.8. The van der Waals surface area contributed by atoms with Crippen molar-refractivity contribution in [3.63, 3.8) is 0 Å². The normalized spacial score (nSPS) is 11.8. The molecular weight excluding hydrogens is 277 g/mol. The van der Waals surface area contributed by atoms with Crippen molar-refractivity contribution in [2.75, 3.05) is 14.1 Å². The van der Waals surface area contributed by atoms with Crippen molar-refractivity contribution in [1.29, 1.82) is 0 Å². The molecule has 0 saturated carbocycles. The Morgan fingerprint density at radius 1 is 1.39 bits per heavy atom. The van der Waals surface area contributed by atoms with Crippen molar-refractivity contribution >= 4 is 35.4 Å². The zero-order chi connectivity index (χ0) is 13.9. The molecule has 18 heavy (non-hydrogen) atoms. The number of amides is 1. The average molecular weight is 290 g/mol. The lowest BCUT2D eigenvalue weighted by molar-refractivity contribution is -0.135. The molecule has 0 heterocycles. The monoisotopic (exact) mass is 289 g/mol. The second-order valence-corrected chi connectivity index (χ2v) is 4.76. The van der Waals surface area contributed by atoms with Crippen LogP contribution in [0, 0.1) is 0 Å². The molecule has 0 fully saturated rings. The summed E-state index contributed by atoms with van der Waals surface area (Å²) in [5.74, 6) is -0.0587. The molecule has 1 unspecified atom stereocenters. The zero-order valence-corrected chi connectivity index (χ0v) is 11.7. The lowest BCUT2D eigenvalue weighted by Crippen LogP contribution is -2.35. The first-order valence-electron chi connectivity index (χ1n) is 5.19. The first-order chi connectivity index (χ1) is 8.36. The van der Waals surface area contributed by atoms with E-state index in [9.17, 15) is 9.59 Å². The second kappa shape index (κ2) is 6.07. The maximum Gasteiger partial charge on any atom is 0.262 e. The van der Waals surface area contributed by atoms with Crippen molar-refractivity contribution < 1.29 is 14.3 Å². The number of nitrogens with zero attached hydrogens (tertiary/aromatic N) is 1. The van der Waals surface area contributed by atoms with Crippen LogP contribution in [0.2, 0.25) is 10.0 Å². The van der Waals surface area contributed by atoms with Crippen molar-refractivity contribution in [3.8, 4) is 5.75 Å². The van der Waals surface area contributed by atoms with Gasteiger partial charge in [0.1, 0.15) is 5.75 Å². The van der Waals surface area contributed by atoms with Crippen molar-refractivity contribution in [3.05, 3.63) is 27.7 Å². The molecule has 1 aromatic rings. The van der Waals surface area contributed by atoms with Gasteiger partial charge in [0.15, 0.2) is 12.4 Å². The molecule has 0 aromatic heterocycles. The number of carbonyl (C=O) groups is 2. The molecule has 6 heteroatoms. The maximum atomic E-state index is 11.7. The number of benzene rings is 1. The molecule has 0 saturated heterocycles. The zero-order valence-electron chi connectivity index (χ0n) is 10.2. The number of rotatable bonds is 4. The van der Waals surface area contributed by atoms with Gasteiger partial charge in [0.25, 0.3) is 5.91 Å². The summed E-state index contributed by atoms with van der Waals surface area (Å²) in [5.41, 5.74) is 0.214. The fourth-order valence-electron chi connectivity index (χ4n) is 1.38. The van der Waals surface area contributed by atoms with Crippen LogP contribution in [0.3, 0.4) is 0 Å². The van der Waals surface area contributed by atoms with Gasteiger partial charge >= 0.3 is 0 Å². The third-order valence-corrected chi connectivity index (χ3v) is 2.75. The Morgan fingerprint density at radius 2 is 2.00 bits per heavy atom. The van der Waals surface area contributed by atoms with Crippen LogP contribution in [0.15, 0.2) is 12.1 Å². The number of ether oxygens (including phenoxy) is 1. The van der Waals surface area contributed by atoms with Gasteiger partial charge in [0.2, 0.25) is 0 Å². The molecule has 0 spiro atoms. The highest BCUT2D eigenvalue weighted by Gasteiger charge is 2.20. The molecule has 1 atom stereocenters. The van der Waals surface area contributed by atoms with Gasteiger partial charge in [-0.05, 0) is 19.1 Å². The van der Waals surface area contributed by atoms with E-state index < -0.39 is 6.10 Å². The highest BCUT2D eigenvalue weighted by atomic mass is 35.5. The first-order valence-corrected chi connectivity index (χ1v) is 5.94. The lowest BCUT2D eigenvalue weighted by Gasteiger charge is -2.19. The van der Waals surface area contributed by atoms with E-state index in [-0.39, 0.29) is 22.2 Å². The van der Waals surface area contributed by atoms with Gasteiger partial charge in [0.05, 0.1) is 10.6 Å². The SMILES string of the molecule is CC(Oc1c(Cl)cc(Cl)cc1C=O)C(=O)N(C)C. The van der Waals surface area contributed by atoms with E-state index in [4.69, 9.17) is 27.9 Å². The Balaban J connectivity index is 3.04. The molecule has 1 aromatic carbocycles. The van der Waals surface area contributed by atoms with Crippen molar-refractivity contribution in [1.82, 2.24) is 4.90 Å². The topological polar surface area (TPSA) is 46.6 Å². The van der Waals surface area contributed by atoms with Crippen LogP contribution in [0.25, 0.3) is 0 Å². The van der Waals surface area contributed by atoms with Crippen LogP contribution in [0.4, 0.5) is 0 Å². The van der Waals surface area contributed by atoms with Gasteiger partial charge in [-0.25, -0.2) is 0 Å². The molecule has 0 aliphatic rings. The minimum absolute atomic E-state index is 0.166. The van der Waals surface area contributed by atoms with E-state index in [0.29, 0.717) is 11.3 Å². The Labute approximate surface area is 115 Å². The number of carbonyl (C=O) groups excluding carboxylic acids is 2. The van der Waals surface area contributed by atoms with Gasteiger partial charge in [-0.3, -0.25) is 9.59 Å². The number of hydrogen-bond donors (Lipinski definition) is 0. The maximum absolute atomic E-state index is 11.7. The molecule has 1 rings (SSSR count). The smallest absolute Gasteiger partial charge is 0.262 e. The van der Waals surface area contributed by atoms with Crippen LogP contribution in [0.1, 0.15) is 17.3 Å². The van der Waals surface area contributed by atoms with Gasteiger partial charge < -0.3 is 9.64 Å². The number of halogens is 2. The minimum Gasteiger partial charge on any atom is -0.479 e. The Morgan fingerprint density at radius 3 is 2.50 bits per heavy atom. The third-order valence-electron chi connectivity index (χ3n) is 2.25. The van der Waals surface area contributed by atoms with Crippen LogP contribution >= 0.6 is 23.2 Å². The Hall–Kier alpha value is -1.26. The standard InChI is InChI=1S/C12H13Cl2NO3/c1-7(12(17)15(2)3)18-11-8(6-16)4-9(13)5-10(11)14/h4-7H,1-3H3. The number of likely N-dealkylation sites (N-methyl/N-ethyl adjacent to an activating group) is 1. The summed E-state index contributed by atoms with van der Waals surface area (Å²) in [7, 11) is 3.23. The highest BCUT2D eigenvalue weighted by Crippen LogP contribution is 2.32. The van der Waals surface area contributed by atoms with Gasteiger partial charge in [0, 0.05) is 19.1 Å². The minimum atomic E-state index is -0.739. The van der Waals surface area contributed by atoms with E-state index in [1.165, 1.54) is 17.0 Å². The number of aldehydes is 1. The van der Waals surface area contributed by atoms with E-state index in [1.54, 1.807) is 21.0 Å². The van der Waals surface area contributed by atoms with Crippen LogP contribution in [-0.4, -0.2) is 37.3 Å². The van der Waals surface area contributed by atoms with Crippen LogP contribution < -0.4 is 4.74 Å². The largest absolute Gasteiger partial charge is 0.479 e. The highest BCUT2D eigenvalue weighted by molar-refractivity contribution is 6.36. The fraction of sp³-hybridized carbons (Fsp3) is 0.333. The lowest BCUT2D eigenvalue weighted by atomic mass is 10.2. The quantitative estimate of drug-likeness (QED) is 0.801. The fourth-order valence-corrected chi connectivity index (χ4v) is 1.94. The molecule has 98 valence electrons. The van der Waals surface area contributed by atoms with Crippen molar-refractivity contribution in [2.24, 2.45) is 0 Å². The number of hydrogen-bond acceptors (Lipinski definition) is 3. The average Bonchev–Trinajstić information content (AvgIpc) is 2.30. The second-order valence-electron chi connectivity index (χ2n) is 3.92. The van der Waals surface area contributed by atoms with Gasteiger partial charge in [-0.2, -0.15) is 0 Å². The van der Waals surface area contributed by atoms with Gasteiger partial charge in [-0.15, -0.1) is 0 Å². The predicted octanol–water partition coefficient (Wildman–Crippen LogP) is 2.66. The van der Waals surface area contributed by atoms with E-state index in [1.807, 2.05) is 0 Å². The molecule has 0 aliphatic carbocycles.